The van der Waals surface area contributed by atoms with Crippen LogP contribution in [0.4, 0.5) is 0 Å². The third-order valence-electron chi connectivity index (χ3n) is 4.95. The SMILES string of the molecule is COc1ccc(S(=O)(=O)c2ccccc2-c2cn(-c3cc(OC)ccc3OC)nn2)cc1. The Morgan fingerprint density at radius 1 is 0.812 bits per heavy atom. The highest BCUT2D eigenvalue weighted by Gasteiger charge is 2.23. The molecule has 0 aliphatic carbocycles. The number of ether oxygens (including phenoxy) is 3. The maximum atomic E-state index is 13.4. The summed E-state index contributed by atoms with van der Waals surface area (Å²) in [6, 6.07) is 18.2. The van der Waals surface area contributed by atoms with Gasteiger partial charge in [-0.25, -0.2) is 13.1 Å². The average Bonchev–Trinajstić information content (AvgIpc) is 3.33. The first-order chi connectivity index (χ1) is 15.5. The molecule has 0 atom stereocenters. The van der Waals surface area contributed by atoms with Crippen molar-refractivity contribution in [3.63, 3.8) is 0 Å². The van der Waals surface area contributed by atoms with E-state index in [0.717, 1.165) is 0 Å². The van der Waals surface area contributed by atoms with Crippen LogP contribution in [0.25, 0.3) is 16.9 Å². The number of nitrogens with zero attached hydrogens (tertiary/aromatic N) is 3. The molecule has 0 unspecified atom stereocenters. The normalized spacial score (nSPS) is 11.2. The molecule has 4 rings (SSSR count). The zero-order valence-corrected chi connectivity index (χ0v) is 18.5. The summed E-state index contributed by atoms with van der Waals surface area (Å²) < 4.78 is 44.1. The van der Waals surface area contributed by atoms with E-state index in [1.54, 1.807) is 75.0 Å². The van der Waals surface area contributed by atoms with E-state index in [1.807, 2.05) is 0 Å². The molecule has 3 aromatic carbocycles. The minimum absolute atomic E-state index is 0.134. The van der Waals surface area contributed by atoms with E-state index in [0.29, 0.717) is 34.2 Å². The molecule has 1 aromatic heterocycles. The molecule has 0 N–H and O–H groups in total. The first-order valence-corrected chi connectivity index (χ1v) is 11.1. The topological polar surface area (TPSA) is 92.5 Å². The van der Waals surface area contributed by atoms with Crippen LogP contribution in [-0.4, -0.2) is 44.7 Å². The molecule has 0 radical (unpaired) electrons. The van der Waals surface area contributed by atoms with Gasteiger partial charge in [0.25, 0.3) is 0 Å². The number of hydrogen-bond donors (Lipinski definition) is 0. The molecule has 0 saturated heterocycles. The quantitative estimate of drug-likeness (QED) is 0.422. The lowest BCUT2D eigenvalue weighted by molar-refractivity contribution is 0.400. The lowest BCUT2D eigenvalue weighted by Crippen LogP contribution is -2.04. The Balaban J connectivity index is 1.79. The smallest absolute Gasteiger partial charge is 0.207 e. The van der Waals surface area contributed by atoms with Gasteiger partial charge < -0.3 is 14.2 Å². The van der Waals surface area contributed by atoms with E-state index in [1.165, 1.54) is 23.9 Å². The van der Waals surface area contributed by atoms with Crippen molar-refractivity contribution in [2.75, 3.05) is 21.3 Å². The lowest BCUT2D eigenvalue weighted by atomic mass is 10.2. The van der Waals surface area contributed by atoms with Crippen molar-refractivity contribution in [3.05, 3.63) is 72.9 Å². The number of rotatable bonds is 7. The second kappa shape index (κ2) is 8.72. The third kappa shape index (κ3) is 3.90. The lowest BCUT2D eigenvalue weighted by Gasteiger charge is -2.10. The summed E-state index contributed by atoms with van der Waals surface area (Å²) >= 11 is 0. The van der Waals surface area contributed by atoms with Crippen molar-refractivity contribution < 1.29 is 22.6 Å². The van der Waals surface area contributed by atoms with Gasteiger partial charge in [0.15, 0.2) is 0 Å². The van der Waals surface area contributed by atoms with Crippen LogP contribution in [0.2, 0.25) is 0 Å². The standard InChI is InChI=1S/C23H21N3O5S/c1-29-16-8-11-18(12-9-16)32(27,28)23-7-5-4-6-19(23)20-15-26(25-24-20)21-14-17(30-2)10-13-22(21)31-3/h4-15H,1-3H3. The largest absolute Gasteiger partial charge is 0.497 e. The molecule has 164 valence electrons. The van der Waals surface area contributed by atoms with Gasteiger partial charge >= 0.3 is 0 Å². The van der Waals surface area contributed by atoms with Crippen LogP contribution in [0.1, 0.15) is 0 Å². The highest BCUT2D eigenvalue weighted by Crippen LogP contribution is 2.32. The van der Waals surface area contributed by atoms with Gasteiger partial charge in [-0.15, -0.1) is 5.10 Å². The summed E-state index contributed by atoms with van der Waals surface area (Å²) in [5, 5.41) is 8.41. The Morgan fingerprint density at radius 3 is 2.19 bits per heavy atom. The van der Waals surface area contributed by atoms with E-state index >= 15 is 0 Å². The number of hydrogen-bond acceptors (Lipinski definition) is 7. The highest BCUT2D eigenvalue weighted by atomic mass is 32.2. The molecule has 32 heavy (non-hydrogen) atoms. The molecule has 8 nitrogen and oxygen atoms in total. The Kier molecular flexibility index (Phi) is 5.83. The van der Waals surface area contributed by atoms with Gasteiger partial charge in [-0.2, -0.15) is 0 Å². The number of benzene rings is 3. The first-order valence-electron chi connectivity index (χ1n) is 9.61. The van der Waals surface area contributed by atoms with Crippen LogP contribution in [0.3, 0.4) is 0 Å². The predicted octanol–water partition coefficient (Wildman–Crippen LogP) is 3.79. The summed E-state index contributed by atoms with van der Waals surface area (Å²) in [6.45, 7) is 0. The van der Waals surface area contributed by atoms with Crippen molar-refractivity contribution in [3.8, 4) is 34.2 Å². The molecule has 0 aliphatic rings. The molecule has 0 aliphatic heterocycles. The van der Waals surface area contributed by atoms with Crippen LogP contribution in [-0.2, 0) is 9.84 Å². The van der Waals surface area contributed by atoms with Gasteiger partial charge in [-0.05, 0) is 42.5 Å². The van der Waals surface area contributed by atoms with Crippen LogP contribution >= 0.6 is 0 Å². The van der Waals surface area contributed by atoms with Crippen molar-refractivity contribution in [1.82, 2.24) is 15.0 Å². The zero-order valence-electron chi connectivity index (χ0n) is 17.7. The Bertz CT molecular complexity index is 1350. The van der Waals surface area contributed by atoms with Gasteiger partial charge in [0.2, 0.25) is 9.84 Å². The fourth-order valence-corrected chi connectivity index (χ4v) is 4.74. The molecule has 1 heterocycles. The Morgan fingerprint density at radius 2 is 1.50 bits per heavy atom. The zero-order chi connectivity index (χ0) is 22.7. The van der Waals surface area contributed by atoms with Gasteiger partial charge in [-0.1, -0.05) is 23.4 Å². The van der Waals surface area contributed by atoms with E-state index in [4.69, 9.17) is 14.2 Å². The van der Waals surface area contributed by atoms with Crippen molar-refractivity contribution >= 4 is 9.84 Å². The molecular weight excluding hydrogens is 430 g/mol. The van der Waals surface area contributed by atoms with Crippen molar-refractivity contribution in [1.29, 1.82) is 0 Å². The first kappa shape index (κ1) is 21.4. The molecule has 4 aromatic rings. The Hall–Kier alpha value is -3.85. The van der Waals surface area contributed by atoms with Gasteiger partial charge in [-0.3, -0.25) is 0 Å². The van der Waals surface area contributed by atoms with Crippen molar-refractivity contribution in [2.45, 2.75) is 9.79 Å². The summed E-state index contributed by atoms with van der Waals surface area (Å²) in [5.41, 5.74) is 1.46. The predicted molar refractivity (Wildman–Crippen MR) is 118 cm³/mol. The fraction of sp³-hybridized carbons (Fsp3) is 0.130. The van der Waals surface area contributed by atoms with Crippen LogP contribution in [0.15, 0.2) is 82.7 Å². The summed E-state index contributed by atoms with van der Waals surface area (Å²) in [6.07, 6.45) is 1.65. The molecule has 0 amide bonds. The van der Waals surface area contributed by atoms with Gasteiger partial charge in [0.1, 0.15) is 28.6 Å². The Labute approximate surface area is 185 Å². The maximum Gasteiger partial charge on any atom is 0.207 e. The molecular formula is C23H21N3O5S. The second-order valence-corrected chi connectivity index (χ2v) is 8.68. The van der Waals surface area contributed by atoms with Crippen molar-refractivity contribution in [2.24, 2.45) is 0 Å². The van der Waals surface area contributed by atoms with Crippen LogP contribution in [0.5, 0.6) is 17.2 Å². The highest BCUT2D eigenvalue weighted by molar-refractivity contribution is 7.91. The van der Waals surface area contributed by atoms with E-state index in [2.05, 4.69) is 10.3 Å². The minimum Gasteiger partial charge on any atom is -0.497 e. The number of sulfone groups is 1. The number of methoxy groups -OCH3 is 3. The maximum absolute atomic E-state index is 13.4. The number of aromatic nitrogens is 3. The molecule has 9 heteroatoms. The fourth-order valence-electron chi connectivity index (χ4n) is 3.28. The molecule has 0 fully saturated rings. The molecule has 0 saturated carbocycles. The second-order valence-electron chi connectivity index (χ2n) is 6.76. The summed E-state index contributed by atoms with van der Waals surface area (Å²) in [5.74, 6) is 1.77. The monoisotopic (exact) mass is 451 g/mol. The van der Waals surface area contributed by atoms with Gasteiger partial charge in [0.05, 0.1) is 37.3 Å². The summed E-state index contributed by atoms with van der Waals surface area (Å²) in [4.78, 5) is 0.294. The minimum atomic E-state index is -3.80. The van der Waals surface area contributed by atoms with Crippen LogP contribution in [0, 0.1) is 0 Å². The van der Waals surface area contributed by atoms with E-state index in [9.17, 15) is 8.42 Å². The average molecular weight is 452 g/mol. The summed E-state index contributed by atoms with van der Waals surface area (Å²) in [7, 11) is 0.852. The van der Waals surface area contributed by atoms with E-state index in [-0.39, 0.29) is 9.79 Å². The van der Waals surface area contributed by atoms with Gasteiger partial charge in [0, 0.05) is 11.6 Å². The van der Waals surface area contributed by atoms with E-state index < -0.39 is 9.84 Å². The van der Waals surface area contributed by atoms with Crippen LogP contribution < -0.4 is 14.2 Å². The molecule has 0 bridgehead atoms. The molecule has 0 spiro atoms. The third-order valence-corrected chi connectivity index (χ3v) is 6.78.